The van der Waals surface area contributed by atoms with E-state index in [-0.39, 0.29) is 1.43 Å². The van der Waals surface area contributed by atoms with Gasteiger partial charge in [0.2, 0.25) is 0 Å². The highest BCUT2D eigenvalue weighted by molar-refractivity contribution is 4.94. The highest BCUT2D eigenvalue weighted by Crippen LogP contribution is 2.29. The number of rotatable bonds is 12. The number of aliphatic hydroxyl groups is 17. The molecule has 3 aliphatic heterocycles. The molecule has 276 valence electrons. The van der Waals surface area contributed by atoms with E-state index >= 15 is 0 Å². The summed E-state index contributed by atoms with van der Waals surface area (Å²) in [5, 5.41) is 161. The number of hydrogen-bond acceptors (Lipinski definition) is 22. The van der Waals surface area contributed by atoms with Crippen LogP contribution < -0.4 is 0 Å². The van der Waals surface area contributed by atoms with Gasteiger partial charge in [0, 0.05) is 1.43 Å². The minimum Gasteiger partial charge on any atom is -0.394 e. The maximum Gasteiger partial charge on any atom is 0.187 e. The minimum atomic E-state index is -1.85. The third kappa shape index (κ3) is 9.63. The lowest BCUT2D eigenvalue weighted by Crippen LogP contribution is -2.64. The number of aliphatic hydroxyl groups excluding tert-OH is 17. The van der Waals surface area contributed by atoms with Crippen molar-refractivity contribution in [3.63, 3.8) is 0 Å². The third-order valence-electron chi connectivity index (χ3n) is 7.60. The molecule has 0 saturated carbocycles. The Morgan fingerprint density at radius 2 is 0.957 bits per heavy atom. The van der Waals surface area contributed by atoms with Gasteiger partial charge < -0.3 is 110 Å². The van der Waals surface area contributed by atoms with Gasteiger partial charge in [-0.1, -0.05) is 0 Å². The molecule has 0 aromatic rings. The molecule has 19 unspecified atom stereocenters. The first-order valence-corrected chi connectivity index (χ1v) is 14.1. The van der Waals surface area contributed by atoms with E-state index in [9.17, 15) is 66.4 Å². The standard InChI is InChI=1S/C12H22O11.C12H24O11.H2/c13-1-3-5(15)6(16)9(19)12(22-3)23-10-4(2-14)21-11(20)8(18)7(10)17;13-1-4(16)7(18)11(5(17)2-14)23-12-10(21)9(20)8(19)6(3-15)22-12;/h3-20H,1-2H2;4-21H,1-3H2;1H. The predicted molar refractivity (Wildman–Crippen MR) is 142 cm³/mol. The summed E-state index contributed by atoms with van der Waals surface area (Å²) in [6.45, 7) is -3.80. The second-order valence-electron chi connectivity index (χ2n) is 10.8. The fourth-order valence-electron chi connectivity index (χ4n) is 4.73. The molecule has 19 atom stereocenters. The van der Waals surface area contributed by atoms with Crippen molar-refractivity contribution in [2.45, 2.75) is 117 Å². The van der Waals surface area contributed by atoms with E-state index in [0.717, 1.165) is 0 Å². The first kappa shape index (κ1) is 41.3. The molecule has 3 rings (SSSR count). The molecule has 46 heavy (non-hydrogen) atoms. The van der Waals surface area contributed by atoms with Crippen LogP contribution >= 0.6 is 0 Å². The molecule has 3 fully saturated rings. The Morgan fingerprint density at radius 1 is 0.500 bits per heavy atom. The lowest BCUT2D eigenvalue weighted by atomic mass is 9.97. The van der Waals surface area contributed by atoms with Gasteiger partial charge >= 0.3 is 0 Å². The van der Waals surface area contributed by atoms with E-state index in [1.807, 2.05) is 0 Å². The number of ether oxygens (including phenoxy) is 5. The third-order valence-corrected chi connectivity index (χ3v) is 7.60. The Labute approximate surface area is 262 Å². The van der Waals surface area contributed by atoms with Crippen molar-refractivity contribution in [3.8, 4) is 0 Å². The van der Waals surface area contributed by atoms with Gasteiger partial charge in [-0.05, 0) is 0 Å². The Bertz CT molecular complexity index is 819. The van der Waals surface area contributed by atoms with Crippen LogP contribution in [0, 0.1) is 0 Å². The van der Waals surface area contributed by atoms with Crippen molar-refractivity contribution >= 4 is 0 Å². The lowest BCUT2D eigenvalue weighted by molar-refractivity contribution is -0.355. The smallest absolute Gasteiger partial charge is 0.187 e. The monoisotopic (exact) mass is 688 g/mol. The van der Waals surface area contributed by atoms with Crippen molar-refractivity contribution in [2.75, 3.05) is 33.0 Å². The maximum absolute atomic E-state index is 9.94. The lowest BCUT2D eigenvalue weighted by Gasteiger charge is -2.45. The Morgan fingerprint density at radius 3 is 1.41 bits per heavy atom. The van der Waals surface area contributed by atoms with Gasteiger partial charge in [-0.2, -0.15) is 0 Å². The zero-order valence-electron chi connectivity index (χ0n) is 24.1. The summed E-state index contributed by atoms with van der Waals surface area (Å²) < 4.78 is 25.4. The van der Waals surface area contributed by atoms with Gasteiger partial charge in [-0.15, -0.1) is 0 Å². The molecule has 3 heterocycles. The molecule has 0 aliphatic carbocycles. The van der Waals surface area contributed by atoms with Crippen LogP contribution in [0.25, 0.3) is 0 Å². The number of hydrogen-bond donors (Lipinski definition) is 17. The van der Waals surface area contributed by atoms with Crippen molar-refractivity contribution in [3.05, 3.63) is 0 Å². The normalized spacial score (nSPS) is 44.4. The second-order valence-corrected chi connectivity index (χ2v) is 10.8. The highest BCUT2D eigenvalue weighted by Gasteiger charge is 2.50. The van der Waals surface area contributed by atoms with E-state index in [4.69, 9.17) is 44.1 Å². The molecule has 3 saturated heterocycles. The van der Waals surface area contributed by atoms with E-state index in [1.165, 1.54) is 0 Å². The van der Waals surface area contributed by atoms with Crippen LogP contribution in [0.3, 0.4) is 0 Å². The quantitative estimate of drug-likeness (QED) is 0.0904. The van der Waals surface area contributed by atoms with E-state index < -0.39 is 150 Å². The maximum atomic E-state index is 9.94. The summed E-state index contributed by atoms with van der Waals surface area (Å²) in [5.41, 5.74) is 0. The highest BCUT2D eigenvalue weighted by atomic mass is 16.7. The Hall–Kier alpha value is -0.880. The molecule has 17 N–H and O–H groups in total. The van der Waals surface area contributed by atoms with Crippen LogP contribution in [0.2, 0.25) is 0 Å². The Kier molecular flexibility index (Phi) is 16.8. The fourth-order valence-corrected chi connectivity index (χ4v) is 4.73. The summed E-state index contributed by atoms with van der Waals surface area (Å²) in [5.74, 6) is 0. The molecule has 0 bridgehead atoms. The predicted octanol–water partition coefficient (Wildman–Crippen LogP) is -10.9. The van der Waals surface area contributed by atoms with Crippen molar-refractivity contribution in [1.82, 2.24) is 0 Å². The fraction of sp³-hybridized carbons (Fsp3) is 1.00. The molecule has 3 aliphatic rings. The van der Waals surface area contributed by atoms with Gasteiger partial charge in [0.1, 0.15) is 97.7 Å². The largest absolute Gasteiger partial charge is 0.394 e. The van der Waals surface area contributed by atoms with Gasteiger partial charge in [0.05, 0.1) is 33.0 Å². The van der Waals surface area contributed by atoms with Gasteiger partial charge in [-0.25, -0.2) is 0 Å². The Balaban J connectivity index is 0.000000460. The van der Waals surface area contributed by atoms with E-state index in [0.29, 0.717) is 0 Å². The summed E-state index contributed by atoms with van der Waals surface area (Å²) in [6.07, 6.45) is -30.6. The molecular weight excluding hydrogens is 640 g/mol. The van der Waals surface area contributed by atoms with E-state index in [1.54, 1.807) is 0 Å². The zero-order chi connectivity index (χ0) is 35.0. The van der Waals surface area contributed by atoms with Gasteiger partial charge in [0.25, 0.3) is 0 Å². The molecular formula is C24H48O22. The molecule has 0 spiro atoms. The summed E-state index contributed by atoms with van der Waals surface area (Å²) in [4.78, 5) is 0. The van der Waals surface area contributed by atoms with E-state index in [2.05, 4.69) is 0 Å². The van der Waals surface area contributed by atoms with Crippen LogP contribution in [0.15, 0.2) is 0 Å². The van der Waals surface area contributed by atoms with Crippen LogP contribution in [-0.2, 0) is 23.7 Å². The van der Waals surface area contributed by atoms with Crippen LogP contribution in [0.5, 0.6) is 0 Å². The topological polar surface area (TPSA) is 390 Å². The first-order valence-electron chi connectivity index (χ1n) is 14.1. The second kappa shape index (κ2) is 18.8. The van der Waals surface area contributed by atoms with Gasteiger partial charge in [-0.3, -0.25) is 0 Å². The molecule has 0 radical (unpaired) electrons. The first-order chi connectivity index (χ1) is 21.6. The average Bonchev–Trinajstić information content (AvgIpc) is 3.06. The van der Waals surface area contributed by atoms with Crippen LogP contribution in [-0.4, -0.2) is 236 Å². The minimum absolute atomic E-state index is 0. The molecule has 22 nitrogen and oxygen atoms in total. The summed E-state index contributed by atoms with van der Waals surface area (Å²) >= 11 is 0. The molecule has 0 aromatic heterocycles. The molecule has 0 amide bonds. The van der Waals surface area contributed by atoms with Crippen LogP contribution in [0.1, 0.15) is 1.43 Å². The molecule has 0 aromatic carbocycles. The van der Waals surface area contributed by atoms with Crippen molar-refractivity contribution in [1.29, 1.82) is 0 Å². The van der Waals surface area contributed by atoms with Crippen molar-refractivity contribution < 1.29 is 112 Å². The van der Waals surface area contributed by atoms with Crippen molar-refractivity contribution in [2.24, 2.45) is 0 Å². The summed E-state index contributed by atoms with van der Waals surface area (Å²) in [6, 6.07) is 0. The van der Waals surface area contributed by atoms with Gasteiger partial charge in [0.15, 0.2) is 18.9 Å². The average molecular weight is 689 g/mol. The SMILES string of the molecule is OCC(O)C(O)C(OC1OC(CO)C(O)C(O)C1O)C(O)CO.OCC1OC(OC2C(CO)OC(O)C(O)C2O)C(O)C(O)C1O.[HH]. The zero-order valence-corrected chi connectivity index (χ0v) is 24.1. The molecule has 22 heteroatoms. The summed E-state index contributed by atoms with van der Waals surface area (Å²) in [7, 11) is 0. The van der Waals surface area contributed by atoms with Crippen LogP contribution in [0.4, 0.5) is 0 Å².